The van der Waals surface area contributed by atoms with Crippen molar-refractivity contribution < 1.29 is 9.59 Å². The Balaban J connectivity index is 2.41. The van der Waals surface area contributed by atoms with Gasteiger partial charge in [0.05, 0.1) is 6.04 Å². The second kappa shape index (κ2) is 6.37. The van der Waals surface area contributed by atoms with Crippen LogP contribution in [0.3, 0.4) is 0 Å². The summed E-state index contributed by atoms with van der Waals surface area (Å²) in [6.07, 6.45) is 1.87. The molecule has 2 amide bonds. The van der Waals surface area contributed by atoms with Gasteiger partial charge in [0.25, 0.3) is 0 Å². The average Bonchev–Trinajstić information content (AvgIpc) is 2.34. The number of rotatable bonds is 3. The summed E-state index contributed by atoms with van der Waals surface area (Å²) in [6.45, 7) is 9.68. The zero-order chi connectivity index (χ0) is 14.6. The Labute approximate surface area is 115 Å². The van der Waals surface area contributed by atoms with Gasteiger partial charge in [0.15, 0.2) is 0 Å². The van der Waals surface area contributed by atoms with Crippen molar-refractivity contribution in [3.05, 3.63) is 0 Å². The number of piperidine rings is 1. The number of nitrogens with zero attached hydrogens (tertiary/aromatic N) is 1. The molecule has 0 aromatic heterocycles. The van der Waals surface area contributed by atoms with Crippen molar-refractivity contribution in [3.8, 4) is 0 Å². The Morgan fingerprint density at radius 3 is 2.26 bits per heavy atom. The molecular weight excluding hydrogens is 242 g/mol. The molecule has 3 N–H and O–H groups in total. The van der Waals surface area contributed by atoms with Gasteiger partial charge in [-0.15, -0.1) is 0 Å². The van der Waals surface area contributed by atoms with Crippen molar-refractivity contribution in [1.82, 2.24) is 10.2 Å². The number of carbonyl (C=O) groups excluding carboxylic acids is 2. The smallest absolute Gasteiger partial charge is 0.240 e. The first-order valence-corrected chi connectivity index (χ1v) is 7.00. The Morgan fingerprint density at radius 1 is 1.32 bits per heavy atom. The number of carbonyl (C=O) groups is 2. The molecule has 1 saturated heterocycles. The molecule has 1 aliphatic rings. The summed E-state index contributed by atoms with van der Waals surface area (Å²) in [5.41, 5.74) is 5.81. The van der Waals surface area contributed by atoms with Crippen molar-refractivity contribution in [2.45, 2.75) is 46.6 Å². The second-order valence-electron chi connectivity index (χ2n) is 6.55. The predicted octanol–water partition coefficient (Wildman–Crippen LogP) is 0.735. The molecule has 1 heterocycles. The molecular formula is C14H27N3O2. The highest BCUT2D eigenvalue weighted by molar-refractivity contribution is 5.82. The molecule has 0 aromatic carbocycles. The SMILES string of the molecule is CC(=O)NCC1CCN(C(=O)C(N)C(C)(C)C)CC1. The van der Waals surface area contributed by atoms with Crippen LogP contribution >= 0.6 is 0 Å². The van der Waals surface area contributed by atoms with Crippen molar-refractivity contribution in [3.63, 3.8) is 0 Å². The first-order valence-electron chi connectivity index (χ1n) is 7.00. The molecule has 1 rings (SSSR count). The third kappa shape index (κ3) is 4.82. The van der Waals surface area contributed by atoms with Crippen LogP contribution in [0.25, 0.3) is 0 Å². The molecule has 0 radical (unpaired) electrons. The van der Waals surface area contributed by atoms with E-state index in [1.165, 1.54) is 6.92 Å². The fourth-order valence-electron chi connectivity index (χ4n) is 2.21. The van der Waals surface area contributed by atoms with Gasteiger partial charge < -0.3 is 16.0 Å². The first kappa shape index (κ1) is 16.0. The van der Waals surface area contributed by atoms with Crippen LogP contribution in [0.4, 0.5) is 0 Å². The molecule has 1 atom stereocenters. The normalized spacial score (nSPS) is 19.1. The van der Waals surface area contributed by atoms with E-state index < -0.39 is 6.04 Å². The molecule has 1 unspecified atom stereocenters. The van der Waals surface area contributed by atoms with E-state index in [9.17, 15) is 9.59 Å². The van der Waals surface area contributed by atoms with E-state index in [2.05, 4.69) is 5.32 Å². The lowest BCUT2D eigenvalue weighted by Gasteiger charge is -2.36. The third-order valence-corrected chi connectivity index (χ3v) is 3.76. The van der Waals surface area contributed by atoms with Crippen molar-refractivity contribution in [2.75, 3.05) is 19.6 Å². The quantitative estimate of drug-likeness (QED) is 0.793. The highest BCUT2D eigenvalue weighted by Crippen LogP contribution is 2.22. The zero-order valence-corrected chi connectivity index (χ0v) is 12.5. The molecule has 110 valence electrons. The van der Waals surface area contributed by atoms with Gasteiger partial charge >= 0.3 is 0 Å². The van der Waals surface area contributed by atoms with Crippen LogP contribution in [0, 0.1) is 11.3 Å². The maximum Gasteiger partial charge on any atom is 0.240 e. The van der Waals surface area contributed by atoms with E-state index in [-0.39, 0.29) is 17.2 Å². The Hall–Kier alpha value is -1.10. The monoisotopic (exact) mass is 269 g/mol. The molecule has 5 nitrogen and oxygen atoms in total. The lowest BCUT2D eigenvalue weighted by atomic mass is 9.86. The number of hydrogen-bond donors (Lipinski definition) is 2. The van der Waals surface area contributed by atoms with Crippen molar-refractivity contribution >= 4 is 11.8 Å². The topological polar surface area (TPSA) is 75.4 Å². The van der Waals surface area contributed by atoms with Crippen LogP contribution in [-0.4, -0.2) is 42.4 Å². The summed E-state index contributed by atoms with van der Waals surface area (Å²) in [4.78, 5) is 25.0. The Kier molecular flexibility index (Phi) is 5.35. The number of likely N-dealkylation sites (tertiary alicyclic amines) is 1. The van der Waals surface area contributed by atoms with E-state index >= 15 is 0 Å². The summed E-state index contributed by atoms with van der Waals surface area (Å²) >= 11 is 0. The summed E-state index contributed by atoms with van der Waals surface area (Å²) in [6, 6.07) is -0.445. The van der Waals surface area contributed by atoms with E-state index in [1.807, 2.05) is 25.7 Å². The second-order valence-corrected chi connectivity index (χ2v) is 6.55. The van der Waals surface area contributed by atoms with Crippen LogP contribution in [0.5, 0.6) is 0 Å². The zero-order valence-electron chi connectivity index (χ0n) is 12.5. The molecule has 0 spiro atoms. The Bertz CT molecular complexity index is 328. The van der Waals surface area contributed by atoms with Crippen LogP contribution in [0.15, 0.2) is 0 Å². The minimum absolute atomic E-state index is 0.00765. The van der Waals surface area contributed by atoms with Gasteiger partial charge in [-0.2, -0.15) is 0 Å². The van der Waals surface area contributed by atoms with Crippen molar-refractivity contribution in [1.29, 1.82) is 0 Å². The van der Waals surface area contributed by atoms with Gasteiger partial charge in [0, 0.05) is 26.6 Å². The molecule has 19 heavy (non-hydrogen) atoms. The van der Waals surface area contributed by atoms with Crippen LogP contribution < -0.4 is 11.1 Å². The maximum absolute atomic E-state index is 12.2. The van der Waals surface area contributed by atoms with Crippen molar-refractivity contribution in [2.24, 2.45) is 17.1 Å². The Morgan fingerprint density at radius 2 is 1.84 bits per heavy atom. The van der Waals surface area contributed by atoms with E-state index in [0.29, 0.717) is 12.5 Å². The van der Waals surface area contributed by atoms with Gasteiger partial charge in [0.2, 0.25) is 11.8 Å². The molecule has 0 saturated carbocycles. The van der Waals surface area contributed by atoms with E-state index in [1.54, 1.807) is 0 Å². The maximum atomic E-state index is 12.2. The van der Waals surface area contributed by atoms with E-state index in [4.69, 9.17) is 5.73 Å². The summed E-state index contributed by atoms with van der Waals surface area (Å²) in [7, 11) is 0. The molecule has 0 aromatic rings. The standard InChI is InChI=1S/C14H27N3O2/c1-10(18)16-9-11-5-7-17(8-6-11)13(19)12(15)14(2,3)4/h11-12H,5-9,15H2,1-4H3,(H,16,18). The number of nitrogens with one attached hydrogen (secondary N) is 1. The minimum Gasteiger partial charge on any atom is -0.356 e. The van der Waals surface area contributed by atoms with Crippen LogP contribution in [0.2, 0.25) is 0 Å². The lowest BCUT2D eigenvalue weighted by Crippen LogP contribution is -2.52. The largest absolute Gasteiger partial charge is 0.356 e. The van der Waals surface area contributed by atoms with Crippen LogP contribution in [-0.2, 0) is 9.59 Å². The number of amides is 2. The molecule has 1 fully saturated rings. The predicted molar refractivity (Wildman–Crippen MR) is 75.4 cm³/mol. The average molecular weight is 269 g/mol. The van der Waals surface area contributed by atoms with Gasteiger partial charge in [-0.25, -0.2) is 0 Å². The molecule has 0 bridgehead atoms. The summed E-state index contributed by atoms with van der Waals surface area (Å²) < 4.78 is 0. The van der Waals surface area contributed by atoms with Gasteiger partial charge in [0.1, 0.15) is 0 Å². The number of nitrogens with two attached hydrogens (primary N) is 1. The lowest BCUT2D eigenvalue weighted by molar-refractivity contribution is -0.136. The van der Waals surface area contributed by atoms with Crippen LogP contribution in [0.1, 0.15) is 40.5 Å². The molecule has 1 aliphatic heterocycles. The molecule has 5 heteroatoms. The van der Waals surface area contributed by atoms with Gasteiger partial charge in [-0.05, 0) is 24.2 Å². The van der Waals surface area contributed by atoms with E-state index in [0.717, 1.165) is 25.9 Å². The fraction of sp³-hybridized carbons (Fsp3) is 0.857. The minimum atomic E-state index is -0.445. The van der Waals surface area contributed by atoms with Gasteiger partial charge in [-0.3, -0.25) is 9.59 Å². The molecule has 0 aliphatic carbocycles. The highest BCUT2D eigenvalue weighted by atomic mass is 16.2. The first-order chi connectivity index (χ1) is 8.71. The third-order valence-electron chi connectivity index (χ3n) is 3.76. The summed E-state index contributed by atoms with van der Waals surface area (Å²) in [5.74, 6) is 0.526. The highest BCUT2D eigenvalue weighted by Gasteiger charge is 2.32. The summed E-state index contributed by atoms with van der Waals surface area (Å²) in [5, 5.41) is 2.84. The van der Waals surface area contributed by atoms with Gasteiger partial charge in [-0.1, -0.05) is 20.8 Å². The fourth-order valence-corrected chi connectivity index (χ4v) is 2.21. The number of hydrogen-bond acceptors (Lipinski definition) is 3.